The van der Waals surface area contributed by atoms with Crippen molar-refractivity contribution in [3.05, 3.63) is 34.3 Å². The van der Waals surface area contributed by atoms with E-state index in [1.165, 1.54) is 21.3 Å². The molecule has 0 radical (unpaired) electrons. The molecule has 3 aliphatic heterocycles. The van der Waals surface area contributed by atoms with Gasteiger partial charge in [-0.05, 0) is 17.7 Å². The van der Waals surface area contributed by atoms with Crippen LogP contribution in [0.1, 0.15) is 16.1 Å². The molecule has 3 aliphatic rings. The third-order valence-electron chi connectivity index (χ3n) is 5.08. The highest BCUT2D eigenvalue weighted by Gasteiger charge is 2.23. The molecule has 132 valence electrons. The lowest BCUT2D eigenvalue weighted by atomic mass is 10.1. The van der Waals surface area contributed by atoms with E-state index in [9.17, 15) is 0 Å². The molecule has 0 unspecified atom stereocenters. The van der Waals surface area contributed by atoms with Crippen molar-refractivity contribution in [3.63, 3.8) is 0 Å². The summed E-state index contributed by atoms with van der Waals surface area (Å²) in [6.07, 6.45) is 1.07. The molecular weight excluding hydrogens is 336 g/mol. The van der Waals surface area contributed by atoms with E-state index in [2.05, 4.69) is 27.2 Å². The molecule has 7 heteroatoms. The number of anilines is 1. The molecule has 6 nitrogen and oxygen atoms in total. The molecule has 0 saturated carbocycles. The molecule has 0 aliphatic carbocycles. The summed E-state index contributed by atoms with van der Waals surface area (Å²) in [6, 6.07) is 6.26. The molecule has 1 N–H and O–H groups in total. The van der Waals surface area contributed by atoms with Gasteiger partial charge < -0.3 is 19.7 Å². The Hall–Kier alpha value is -1.83. The summed E-state index contributed by atoms with van der Waals surface area (Å²) in [6.45, 7) is 7.56. The van der Waals surface area contributed by atoms with Crippen LogP contribution in [0.25, 0.3) is 0 Å². The number of nitrogens with zero attached hydrogens (tertiary/aromatic N) is 3. The number of fused-ring (bicyclic) bond motifs is 2. The summed E-state index contributed by atoms with van der Waals surface area (Å²) in [5.41, 5.74) is 2.59. The second-order valence-corrected chi connectivity index (χ2v) is 7.81. The van der Waals surface area contributed by atoms with Gasteiger partial charge >= 0.3 is 0 Å². The van der Waals surface area contributed by atoms with E-state index in [1.807, 2.05) is 17.4 Å². The number of piperazine rings is 1. The normalized spacial score (nSPS) is 19.9. The maximum atomic E-state index is 5.48. The fourth-order valence-electron chi connectivity index (χ4n) is 3.64. The number of hydrogen-bond acceptors (Lipinski definition) is 7. The molecular formula is C18H22N4O2S. The van der Waals surface area contributed by atoms with Crippen LogP contribution in [0.3, 0.4) is 0 Å². The van der Waals surface area contributed by atoms with Gasteiger partial charge in [0.15, 0.2) is 16.6 Å². The summed E-state index contributed by atoms with van der Waals surface area (Å²) in [7, 11) is 0. The summed E-state index contributed by atoms with van der Waals surface area (Å²) < 4.78 is 10.9. The van der Waals surface area contributed by atoms with Crippen LogP contribution < -0.4 is 19.7 Å². The van der Waals surface area contributed by atoms with E-state index >= 15 is 0 Å². The molecule has 0 bridgehead atoms. The minimum atomic E-state index is 0.338. The van der Waals surface area contributed by atoms with E-state index in [-0.39, 0.29) is 0 Å². The molecule has 25 heavy (non-hydrogen) atoms. The van der Waals surface area contributed by atoms with Gasteiger partial charge in [0.05, 0.1) is 5.69 Å². The zero-order valence-electron chi connectivity index (χ0n) is 14.2. The molecule has 5 rings (SSSR count). The van der Waals surface area contributed by atoms with Crippen molar-refractivity contribution in [2.75, 3.05) is 44.4 Å². The summed E-state index contributed by atoms with van der Waals surface area (Å²) in [5, 5.41) is 4.64. The molecule has 4 heterocycles. The van der Waals surface area contributed by atoms with Crippen molar-refractivity contribution in [3.8, 4) is 11.5 Å². The third kappa shape index (κ3) is 3.07. The summed E-state index contributed by atoms with van der Waals surface area (Å²) in [5.74, 6) is 1.73. The Morgan fingerprint density at radius 3 is 2.88 bits per heavy atom. The summed E-state index contributed by atoms with van der Waals surface area (Å²) >= 11 is 1.86. The van der Waals surface area contributed by atoms with Crippen molar-refractivity contribution in [1.82, 2.24) is 15.2 Å². The van der Waals surface area contributed by atoms with Gasteiger partial charge in [-0.15, -0.1) is 11.3 Å². The molecule has 0 spiro atoms. The number of rotatable bonds is 3. The highest BCUT2D eigenvalue weighted by atomic mass is 32.1. The third-order valence-corrected chi connectivity index (χ3v) is 6.24. The van der Waals surface area contributed by atoms with E-state index in [1.54, 1.807) is 0 Å². The molecule has 0 amide bonds. The monoisotopic (exact) mass is 358 g/mol. The molecule has 0 atom stereocenters. The number of hydrogen-bond donors (Lipinski definition) is 1. The predicted octanol–water partition coefficient (Wildman–Crippen LogP) is 1.84. The van der Waals surface area contributed by atoms with Gasteiger partial charge in [-0.3, -0.25) is 4.90 Å². The van der Waals surface area contributed by atoms with Crippen molar-refractivity contribution in [2.24, 2.45) is 0 Å². The van der Waals surface area contributed by atoms with Crippen LogP contribution >= 0.6 is 11.3 Å². The minimum Gasteiger partial charge on any atom is -0.454 e. The Balaban J connectivity index is 1.20. The quantitative estimate of drug-likeness (QED) is 0.904. The van der Waals surface area contributed by atoms with E-state index in [0.29, 0.717) is 6.79 Å². The Kier molecular flexibility index (Phi) is 4.00. The number of thiazole rings is 1. The molecule has 1 aromatic carbocycles. The van der Waals surface area contributed by atoms with Gasteiger partial charge in [-0.25, -0.2) is 4.98 Å². The highest BCUT2D eigenvalue weighted by Crippen LogP contribution is 2.33. The van der Waals surface area contributed by atoms with Crippen LogP contribution in [-0.4, -0.2) is 49.4 Å². The molecule has 1 saturated heterocycles. The number of nitrogens with one attached hydrogen (secondary N) is 1. The van der Waals surface area contributed by atoms with Crippen molar-refractivity contribution < 1.29 is 9.47 Å². The van der Waals surface area contributed by atoms with Gasteiger partial charge in [-0.1, -0.05) is 6.07 Å². The zero-order valence-corrected chi connectivity index (χ0v) is 15.0. The number of benzene rings is 1. The summed E-state index contributed by atoms with van der Waals surface area (Å²) in [4.78, 5) is 11.2. The van der Waals surface area contributed by atoms with Gasteiger partial charge in [0.1, 0.15) is 0 Å². The second kappa shape index (κ2) is 6.48. The first-order valence-electron chi connectivity index (χ1n) is 8.90. The SMILES string of the molecule is c1cc2c(cc1CN1CCN(c3nc4c(s3)CNCC4)CC1)OCO2. The lowest BCUT2D eigenvalue weighted by Gasteiger charge is -2.34. The van der Waals surface area contributed by atoms with Gasteiger partial charge in [0.2, 0.25) is 6.79 Å². The lowest BCUT2D eigenvalue weighted by molar-refractivity contribution is 0.174. The Morgan fingerprint density at radius 2 is 2.00 bits per heavy atom. The zero-order chi connectivity index (χ0) is 16.6. The van der Waals surface area contributed by atoms with Crippen LogP contribution in [0.5, 0.6) is 11.5 Å². The average molecular weight is 358 g/mol. The van der Waals surface area contributed by atoms with Crippen LogP contribution in [0.2, 0.25) is 0 Å². The minimum absolute atomic E-state index is 0.338. The molecule has 2 aromatic rings. The van der Waals surface area contributed by atoms with Crippen molar-refractivity contribution in [2.45, 2.75) is 19.5 Å². The predicted molar refractivity (Wildman–Crippen MR) is 97.6 cm³/mol. The Bertz CT molecular complexity index is 747. The first-order chi connectivity index (χ1) is 12.3. The van der Waals surface area contributed by atoms with Crippen LogP contribution in [0.15, 0.2) is 18.2 Å². The van der Waals surface area contributed by atoms with Crippen molar-refractivity contribution >= 4 is 16.5 Å². The topological polar surface area (TPSA) is 49.9 Å². The van der Waals surface area contributed by atoms with E-state index < -0.39 is 0 Å². The second-order valence-electron chi connectivity index (χ2n) is 6.74. The first kappa shape index (κ1) is 15.4. The van der Waals surface area contributed by atoms with Gasteiger partial charge in [-0.2, -0.15) is 0 Å². The standard InChI is InChI=1S/C18H22N4O2S/c1-2-15-16(24-12-23-15)9-13(1)11-21-5-7-22(8-6-21)18-20-14-3-4-19-10-17(14)25-18/h1-2,9,19H,3-8,10-12H2. The Morgan fingerprint density at radius 1 is 1.12 bits per heavy atom. The van der Waals surface area contributed by atoms with Crippen LogP contribution in [0, 0.1) is 0 Å². The lowest BCUT2D eigenvalue weighted by Crippen LogP contribution is -2.45. The number of aromatic nitrogens is 1. The fourth-order valence-corrected chi connectivity index (χ4v) is 4.77. The molecule has 1 aromatic heterocycles. The molecule has 1 fully saturated rings. The maximum Gasteiger partial charge on any atom is 0.231 e. The smallest absolute Gasteiger partial charge is 0.231 e. The van der Waals surface area contributed by atoms with Gasteiger partial charge in [0, 0.05) is 57.1 Å². The van der Waals surface area contributed by atoms with E-state index in [0.717, 1.165) is 63.7 Å². The number of ether oxygens (including phenoxy) is 2. The fraction of sp³-hybridized carbons (Fsp3) is 0.500. The average Bonchev–Trinajstić information content (AvgIpc) is 3.28. The highest BCUT2D eigenvalue weighted by molar-refractivity contribution is 7.15. The maximum absolute atomic E-state index is 5.48. The Labute approximate surface area is 151 Å². The largest absolute Gasteiger partial charge is 0.454 e. The van der Waals surface area contributed by atoms with Gasteiger partial charge in [0.25, 0.3) is 0 Å². The van der Waals surface area contributed by atoms with Crippen LogP contribution in [0.4, 0.5) is 5.13 Å². The van der Waals surface area contributed by atoms with Crippen LogP contribution in [-0.2, 0) is 19.5 Å². The first-order valence-corrected chi connectivity index (χ1v) is 9.72. The van der Waals surface area contributed by atoms with E-state index in [4.69, 9.17) is 14.5 Å². The van der Waals surface area contributed by atoms with Crippen molar-refractivity contribution in [1.29, 1.82) is 0 Å².